The topological polar surface area (TPSA) is 154 Å². The Balaban J connectivity index is 1.44. The maximum atomic E-state index is 13.3. The van der Waals surface area contributed by atoms with E-state index in [0.29, 0.717) is 25.1 Å². The van der Waals surface area contributed by atoms with Gasteiger partial charge < -0.3 is 25.5 Å². The molecule has 0 saturated carbocycles. The number of carboxylic acids is 1. The predicted molar refractivity (Wildman–Crippen MR) is 140 cm³/mol. The second-order valence-corrected chi connectivity index (χ2v) is 9.32. The Morgan fingerprint density at radius 2 is 1.67 bits per heavy atom. The number of nitrogens with one attached hydrogen (secondary N) is 3. The van der Waals surface area contributed by atoms with E-state index in [1.165, 1.54) is 17.4 Å². The van der Waals surface area contributed by atoms with Crippen LogP contribution in [-0.2, 0) is 38.6 Å². The van der Waals surface area contributed by atoms with Gasteiger partial charge in [0, 0.05) is 31.3 Å². The standard InChI is InChI=1S/C28H31N5O6/c34-25(32-23(27(36)37)15-21-16-29-18-30-21)22(14-19-8-3-1-4-9-19)31-26(35)24-12-7-13-33(24)28(38)39-17-20-10-5-2-6-11-20/h1-6,8-11,16,18,22-24H,7,12-15,17H2,(H,29,30)(H,31,35)(H,32,34)(H,36,37)/t22-,23-,24-/m0/s1. The van der Waals surface area contributed by atoms with Crippen molar-refractivity contribution in [3.8, 4) is 0 Å². The lowest BCUT2D eigenvalue weighted by Crippen LogP contribution is -2.56. The first kappa shape index (κ1) is 27.4. The van der Waals surface area contributed by atoms with Gasteiger partial charge in [-0.2, -0.15) is 0 Å². The van der Waals surface area contributed by atoms with E-state index in [2.05, 4.69) is 20.6 Å². The number of nitrogens with zero attached hydrogens (tertiary/aromatic N) is 2. The number of aromatic amines is 1. The Hall–Kier alpha value is -4.67. The third-order valence-electron chi connectivity index (χ3n) is 6.50. The van der Waals surface area contributed by atoms with Crippen LogP contribution in [0.5, 0.6) is 0 Å². The first-order chi connectivity index (χ1) is 18.9. The van der Waals surface area contributed by atoms with E-state index in [-0.39, 0.29) is 19.4 Å². The molecule has 0 unspecified atom stereocenters. The van der Waals surface area contributed by atoms with Gasteiger partial charge in [0.25, 0.3) is 0 Å². The molecule has 4 rings (SSSR count). The first-order valence-electron chi connectivity index (χ1n) is 12.7. The predicted octanol–water partition coefficient (Wildman–Crippen LogP) is 2.05. The summed E-state index contributed by atoms with van der Waals surface area (Å²) in [6.45, 7) is 0.434. The van der Waals surface area contributed by atoms with Crippen molar-refractivity contribution in [2.24, 2.45) is 0 Å². The molecule has 11 heteroatoms. The zero-order chi connectivity index (χ0) is 27.6. The van der Waals surface area contributed by atoms with Gasteiger partial charge in [-0.05, 0) is 24.0 Å². The molecule has 1 aliphatic rings. The SMILES string of the molecule is O=C(O)[C@H](Cc1cnc[nH]1)NC(=O)[C@H](Cc1ccccc1)NC(=O)[C@@H]1CCCN1C(=O)OCc1ccccc1. The van der Waals surface area contributed by atoms with E-state index in [0.717, 1.165) is 11.1 Å². The molecule has 3 atom stereocenters. The smallest absolute Gasteiger partial charge is 0.410 e. The summed E-state index contributed by atoms with van der Waals surface area (Å²) in [5.41, 5.74) is 2.15. The van der Waals surface area contributed by atoms with Crippen LogP contribution in [-0.4, -0.2) is 68.5 Å². The number of rotatable bonds is 11. The summed E-state index contributed by atoms with van der Waals surface area (Å²) >= 11 is 0. The summed E-state index contributed by atoms with van der Waals surface area (Å²) in [5.74, 6) is -2.36. The van der Waals surface area contributed by atoms with E-state index < -0.39 is 42.0 Å². The van der Waals surface area contributed by atoms with E-state index in [9.17, 15) is 24.3 Å². The fraction of sp³-hybridized carbons (Fsp3) is 0.321. The van der Waals surface area contributed by atoms with Crippen LogP contribution in [0.3, 0.4) is 0 Å². The summed E-state index contributed by atoms with van der Waals surface area (Å²) < 4.78 is 5.42. The second-order valence-electron chi connectivity index (χ2n) is 9.32. The van der Waals surface area contributed by atoms with Crippen molar-refractivity contribution < 1.29 is 29.0 Å². The minimum absolute atomic E-state index is 0.00324. The molecule has 2 heterocycles. The van der Waals surface area contributed by atoms with Crippen LogP contribution in [0.4, 0.5) is 4.79 Å². The highest BCUT2D eigenvalue weighted by molar-refractivity contribution is 5.93. The number of imidazole rings is 1. The average Bonchev–Trinajstić information content (AvgIpc) is 3.65. The van der Waals surface area contributed by atoms with Crippen LogP contribution in [0.1, 0.15) is 29.7 Å². The molecule has 2 aromatic carbocycles. The Morgan fingerprint density at radius 3 is 2.31 bits per heavy atom. The number of carbonyl (C=O) groups excluding carboxylic acids is 3. The molecule has 0 radical (unpaired) electrons. The molecule has 11 nitrogen and oxygen atoms in total. The molecule has 0 aliphatic carbocycles. The van der Waals surface area contributed by atoms with Gasteiger partial charge in [-0.1, -0.05) is 60.7 Å². The van der Waals surface area contributed by atoms with E-state index in [4.69, 9.17) is 4.74 Å². The van der Waals surface area contributed by atoms with Gasteiger partial charge in [0.2, 0.25) is 11.8 Å². The van der Waals surface area contributed by atoms with Crippen LogP contribution < -0.4 is 10.6 Å². The summed E-state index contributed by atoms with van der Waals surface area (Å²) in [4.78, 5) is 59.4. The lowest BCUT2D eigenvalue weighted by molar-refractivity contribution is -0.142. The van der Waals surface area contributed by atoms with Gasteiger partial charge in [-0.3, -0.25) is 14.5 Å². The molecule has 1 saturated heterocycles. The molecular formula is C28H31N5O6. The maximum absolute atomic E-state index is 13.3. The van der Waals surface area contributed by atoms with E-state index >= 15 is 0 Å². The summed E-state index contributed by atoms with van der Waals surface area (Å²) in [5, 5.41) is 15.0. The zero-order valence-corrected chi connectivity index (χ0v) is 21.3. The van der Waals surface area contributed by atoms with Crippen molar-refractivity contribution >= 4 is 23.9 Å². The number of carbonyl (C=O) groups is 4. The van der Waals surface area contributed by atoms with Crippen LogP contribution >= 0.6 is 0 Å². The molecule has 39 heavy (non-hydrogen) atoms. The van der Waals surface area contributed by atoms with Crippen molar-refractivity contribution in [3.05, 3.63) is 90.0 Å². The molecule has 0 spiro atoms. The zero-order valence-electron chi connectivity index (χ0n) is 21.3. The molecule has 1 fully saturated rings. The highest BCUT2D eigenvalue weighted by Crippen LogP contribution is 2.20. The molecule has 204 valence electrons. The normalized spacial score (nSPS) is 16.2. The third kappa shape index (κ3) is 7.67. The number of amides is 3. The maximum Gasteiger partial charge on any atom is 0.410 e. The first-order valence-corrected chi connectivity index (χ1v) is 12.7. The Labute approximate surface area is 225 Å². The minimum Gasteiger partial charge on any atom is -0.480 e. The monoisotopic (exact) mass is 533 g/mol. The Kier molecular flexibility index (Phi) is 9.28. The van der Waals surface area contributed by atoms with Gasteiger partial charge >= 0.3 is 12.1 Å². The molecule has 3 aromatic rings. The molecule has 0 bridgehead atoms. The molecule has 3 amide bonds. The number of aliphatic carboxylic acids is 1. The number of benzene rings is 2. The summed E-state index contributed by atoms with van der Waals surface area (Å²) in [6.07, 6.45) is 3.47. The van der Waals surface area contributed by atoms with E-state index in [1.807, 2.05) is 60.7 Å². The van der Waals surface area contributed by atoms with E-state index in [1.54, 1.807) is 0 Å². The van der Waals surface area contributed by atoms with Gasteiger partial charge in [-0.25, -0.2) is 14.6 Å². The summed E-state index contributed by atoms with van der Waals surface area (Å²) in [7, 11) is 0. The van der Waals surface area contributed by atoms with Gasteiger partial charge in [-0.15, -0.1) is 0 Å². The van der Waals surface area contributed by atoms with Crippen molar-refractivity contribution in [3.63, 3.8) is 0 Å². The number of H-pyrrole nitrogens is 1. The van der Waals surface area contributed by atoms with Crippen LogP contribution in [0, 0.1) is 0 Å². The van der Waals surface area contributed by atoms with Crippen molar-refractivity contribution in [1.29, 1.82) is 0 Å². The Morgan fingerprint density at radius 1 is 0.974 bits per heavy atom. The largest absolute Gasteiger partial charge is 0.480 e. The minimum atomic E-state index is -1.23. The molecule has 4 N–H and O–H groups in total. The van der Waals surface area contributed by atoms with Crippen molar-refractivity contribution in [1.82, 2.24) is 25.5 Å². The lowest BCUT2D eigenvalue weighted by atomic mass is 10.0. The van der Waals surface area contributed by atoms with Crippen LogP contribution in [0.2, 0.25) is 0 Å². The third-order valence-corrected chi connectivity index (χ3v) is 6.50. The number of aromatic nitrogens is 2. The number of likely N-dealkylation sites (tertiary alicyclic amines) is 1. The highest BCUT2D eigenvalue weighted by Gasteiger charge is 2.37. The fourth-order valence-electron chi connectivity index (χ4n) is 4.48. The highest BCUT2D eigenvalue weighted by atomic mass is 16.6. The van der Waals surface area contributed by atoms with Gasteiger partial charge in [0.05, 0.1) is 6.33 Å². The van der Waals surface area contributed by atoms with Gasteiger partial charge in [0.1, 0.15) is 24.7 Å². The molecule has 1 aliphatic heterocycles. The molecule has 1 aromatic heterocycles. The van der Waals surface area contributed by atoms with Crippen molar-refractivity contribution in [2.75, 3.05) is 6.54 Å². The summed E-state index contributed by atoms with van der Waals surface area (Å²) in [6, 6.07) is 15.2. The number of carboxylic acid groups (broad SMARTS) is 1. The van der Waals surface area contributed by atoms with Crippen LogP contribution in [0.15, 0.2) is 73.2 Å². The number of ether oxygens (including phenoxy) is 1. The second kappa shape index (κ2) is 13.2. The van der Waals surface area contributed by atoms with Crippen LogP contribution in [0.25, 0.3) is 0 Å². The van der Waals surface area contributed by atoms with Gasteiger partial charge in [0.15, 0.2) is 0 Å². The Bertz CT molecular complexity index is 1250. The molecular weight excluding hydrogens is 502 g/mol. The van der Waals surface area contributed by atoms with Crippen molar-refractivity contribution in [2.45, 2.75) is 50.4 Å². The quantitative estimate of drug-likeness (QED) is 0.294. The number of hydrogen-bond acceptors (Lipinski definition) is 6. The average molecular weight is 534 g/mol. The number of hydrogen-bond donors (Lipinski definition) is 4. The fourth-order valence-corrected chi connectivity index (χ4v) is 4.48. The lowest BCUT2D eigenvalue weighted by Gasteiger charge is -2.26.